The van der Waals surface area contributed by atoms with E-state index in [9.17, 15) is 4.79 Å². The Hall–Kier alpha value is -1.35. The molecule has 1 unspecified atom stereocenters. The molecule has 1 aromatic carbocycles. The van der Waals surface area contributed by atoms with Crippen LogP contribution in [0.4, 0.5) is 0 Å². The van der Waals surface area contributed by atoms with Gasteiger partial charge in [0.25, 0.3) is 0 Å². The number of nitrogens with one attached hydrogen (secondary N) is 1. The first kappa shape index (κ1) is 13.6. The van der Waals surface area contributed by atoms with E-state index in [1.165, 1.54) is 12.0 Å². The molecular weight excluding hydrogens is 248 g/mol. The minimum absolute atomic E-state index is 0.236. The molecule has 1 aromatic rings. The highest BCUT2D eigenvalue weighted by Gasteiger charge is 2.48. The summed E-state index contributed by atoms with van der Waals surface area (Å²) in [6, 6.07) is 10.7. The second kappa shape index (κ2) is 5.57. The van der Waals surface area contributed by atoms with Gasteiger partial charge in [0, 0.05) is 19.1 Å². The summed E-state index contributed by atoms with van der Waals surface area (Å²) < 4.78 is 0. The Bertz CT molecular complexity index is 467. The molecule has 20 heavy (non-hydrogen) atoms. The summed E-state index contributed by atoms with van der Waals surface area (Å²) in [5, 5.41) is 3.40. The van der Waals surface area contributed by atoms with Crippen LogP contribution in [-0.2, 0) is 10.2 Å². The third-order valence-corrected chi connectivity index (χ3v) is 5.00. The molecule has 0 bridgehead atoms. The molecule has 1 aliphatic heterocycles. The Morgan fingerprint density at radius 1 is 1.25 bits per heavy atom. The van der Waals surface area contributed by atoms with Crippen LogP contribution in [0.15, 0.2) is 30.3 Å². The minimum atomic E-state index is -0.236. The third-order valence-electron chi connectivity index (χ3n) is 5.00. The Balaban J connectivity index is 1.87. The smallest absolute Gasteiger partial charge is 0.233 e. The van der Waals surface area contributed by atoms with Gasteiger partial charge < -0.3 is 10.2 Å². The Morgan fingerprint density at radius 2 is 2.00 bits per heavy atom. The summed E-state index contributed by atoms with van der Waals surface area (Å²) in [5.41, 5.74) is 0.973. The van der Waals surface area contributed by atoms with Crippen molar-refractivity contribution in [1.82, 2.24) is 10.2 Å². The van der Waals surface area contributed by atoms with Gasteiger partial charge in [0.1, 0.15) is 0 Å². The van der Waals surface area contributed by atoms with Crippen molar-refractivity contribution in [3.63, 3.8) is 0 Å². The van der Waals surface area contributed by atoms with Gasteiger partial charge >= 0.3 is 0 Å². The quantitative estimate of drug-likeness (QED) is 0.896. The van der Waals surface area contributed by atoms with E-state index < -0.39 is 0 Å². The van der Waals surface area contributed by atoms with Crippen LogP contribution in [-0.4, -0.2) is 36.5 Å². The average Bonchev–Trinajstić information content (AvgIpc) is 2.63. The molecular formula is C17H24N2O. The summed E-state index contributed by atoms with van der Waals surface area (Å²) >= 11 is 0. The van der Waals surface area contributed by atoms with Crippen molar-refractivity contribution in [1.29, 1.82) is 0 Å². The number of carbonyl (C=O) groups excluding carboxylic acids is 1. The van der Waals surface area contributed by atoms with Crippen molar-refractivity contribution in [3.05, 3.63) is 35.9 Å². The topological polar surface area (TPSA) is 32.3 Å². The van der Waals surface area contributed by atoms with Crippen molar-refractivity contribution in [2.24, 2.45) is 0 Å². The number of nitrogens with zero attached hydrogens (tertiary/aromatic N) is 1. The van der Waals surface area contributed by atoms with E-state index in [0.717, 1.165) is 38.9 Å². The molecule has 1 amide bonds. The standard InChI is InChI=1S/C17H24N2O/c1-14-8-11-18-12-13-19(14)16(20)17(9-5-10-17)15-6-3-2-4-7-15/h2-4,6-7,14,18H,5,8-13H2,1H3. The fraction of sp³-hybridized carbons (Fsp3) is 0.588. The molecule has 1 saturated heterocycles. The summed E-state index contributed by atoms with van der Waals surface area (Å²) in [4.78, 5) is 15.3. The predicted molar refractivity (Wildman–Crippen MR) is 80.6 cm³/mol. The minimum Gasteiger partial charge on any atom is -0.338 e. The van der Waals surface area contributed by atoms with Gasteiger partial charge in [0.2, 0.25) is 5.91 Å². The molecule has 0 radical (unpaired) electrons. The molecule has 1 aliphatic carbocycles. The number of hydrogen-bond acceptors (Lipinski definition) is 2. The molecule has 1 saturated carbocycles. The molecule has 2 aliphatic rings. The van der Waals surface area contributed by atoms with Crippen molar-refractivity contribution in [3.8, 4) is 0 Å². The zero-order valence-corrected chi connectivity index (χ0v) is 12.3. The van der Waals surface area contributed by atoms with Crippen molar-refractivity contribution < 1.29 is 4.79 Å². The maximum Gasteiger partial charge on any atom is 0.233 e. The Labute approximate surface area is 121 Å². The molecule has 0 spiro atoms. The van der Waals surface area contributed by atoms with Crippen LogP contribution < -0.4 is 5.32 Å². The van der Waals surface area contributed by atoms with E-state index in [2.05, 4.69) is 41.4 Å². The zero-order chi connectivity index (χ0) is 14.0. The van der Waals surface area contributed by atoms with E-state index in [1.807, 2.05) is 6.07 Å². The molecule has 0 aromatic heterocycles. The first-order valence-electron chi connectivity index (χ1n) is 7.81. The van der Waals surface area contributed by atoms with Gasteiger partial charge in [0.05, 0.1) is 5.41 Å². The predicted octanol–water partition coefficient (Wildman–Crippen LogP) is 2.32. The monoisotopic (exact) mass is 272 g/mol. The fourth-order valence-electron chi connectivity index (χ4n) is 3.50. The highest BCUT2D eigenvalue weighted by Crippen LogP contribution is 2.45. The summed E-state index contributed by atoms with van der Waals surface area (Å²) in [6.07, 6.45) is 4.23. The number of amides is 1. The van der Waals surface area contributed by atoms with Gasteiger partial charge in [-0.2, -0.15) is 0 Å². The second-order valence-corrected chi connectivity index (χ2v) is 6.19. The first-order chi connectivity index (χ1) is 9.74. The van der Waals surface area contributed by atoms with Gasteiger partial charge in [-0.1, -0.05) is 36.8 Å². The van der Waals surface area contributed by atoms with E-state index >= 15 is 0 Å². The lowest BCUT2D eigenvalue weighted by molar-refractivity contribution is -0.142. The summed E-state index contributed by atoms with van der Waals surface area (Å²) in [7, 11) is 0. The van der Waals surface area contributed by atoms with Gasteiger partial charge in [-0.3, -0.25) is 4.79 Å². The molecule has 1 heterocycles. The highest BCUT2D eigenvalue weighted by atomic mass is 16.2. The van der Waals surface area contributed by atoms with Gasteiger partial charge in [-0.05, 0) is 38.3 Å². The molecule has 108 valence electrons. The number of carbonyl (C=O) groups is 1. The largest absolute Gasteiger partial charge is 0.338 e. The molecule has 3 nitrogen and oxygen atoms in total. The first-order valence-corrected chi connectivity index (χ1v) is 7.81. The second-order valence-electron chi connectivity index (χ2n) is 6.19. The molecule has 1 atom stereocenters. The van der Waals surface area contributed by atoms with Crippen molar-refractivity contribution in [2.75, 3.05) is 19.6 Å². The van der Waals surface area contributed by atoms with E-state index in [-0.39, 0.29) is 5.41 Å². The van der Waals surface area contributed by atoms with Crippen LogP contribution in [0.3, 0.4) is 0 Å². The lowest BCUT2D eigenvalue weighted by atomic mass is 9.63. The van der Waals surface area contributed by atoms with Crippen molar-refractivity contribution >= 4 is 5.91 Å². The summed E-state index contributed by atoms with van der Waals surface area (Å²) in [5.74, 6) is 0.353. The zero-order valence-electron chi connectivity index (χ0n) is 12.3. The van der Waals surface area contributed by atoms with E-state index in [0.29, 0.717) is 11.9 Å². The lowest BCUT2D eigenvalue weighted by Crippen LogP contribution is -2.54. The maximum atomic E-state index is 13.2. The maximum absolute atomic E-state index is 13.2. The fourth-order valence-corrected chi connectivity index (χ4v) is 3.50. The Morgan fingerprint density at radius 3 is 2.65 bits per heavy atom. The number of hydrogen-bond donors (Lipinski definition) is 1. The molecule has 2 fully saturated rings. The van der Waals surface area contributed by atoms with E-state index in [1.54, 1.807) is 0 Å². The van der Waals surface area contributed by atoms with Crippen LogP contribution in [0.5, 0.6) is 0 Å². The number of benzene rings is 1. The van der Waals surface area contributed by atoms with Crippen molar-refractivity contribution in [2.45, 2.75) is 44.1 Å². The third kappa shape index (κ3) is 2.24. The Kier molecular flexibility index (Phi) is 3.79. The van der Waals surface area contributed by atoms with E-state index in [4.69, 9.17) is 0 Å². The highest BCUT2D eigenvalue weighted by molar-refractivity contribution is 5.89. The molecule has 3 heteroatoms. The lowest BCUT2D eigenvalue weighted by Gasteiger charge is -2.45. The van der Waals surface area contributed by atoms with Crippen LogP contribution in [0.2, 0.25) is 0 Å². The van der Waals surface area contributed by atoms with Gasteiger partial charge in [-0.25, -0.2) is 0 Å². The SMILES string of the molecule is CC1CCNCCN1C(=O)C1(c2ccccc2)CCC1. The van der Waals surface area contributed by atoms with Crippen LogP contribution >= 0.6 is 0 Å². The van der Waals surface area contributed by atoms with Crippen LogP contribution in [0, 0.1) is 0 Å². The van der Waals surface area contributed by atoms with Crippen LogP contribution in [0.25, 0.3) is 0 Å². The van der Waals surface area contributed by atoms with Gasteiger partial charge in [-0.15, -0.1) is 0 Å². The average molecular weight is 272 g/mol. The summed E-state index contributed by atoms with van der Waals surface area (Å²) in [6.45, 7) is 4.96. The van der Waals surface area contributed by atoms with Gasteiger partial charge in [0.15, 0.2) is 0 Å². The molecule has 1 N–H and O–H groups in total. The normalized spacial score (nSPS) is 25.6. The van der Waals surface area contributed by atoms with Crippen LogP contribution in [0.1, 0.15) is 38.2 Å². The number of rotatable bonds is 2. The molecule has 3 rings (SSSR count).